The fourth-order valence-electron chi connectivity index (χ4n) is 3.25. The summed E-state index contributed by atoms with van der Waals surface area (Å²) in [6, 6.07) is 1.63. The van der Waals surface area contributed by atoms with Gasteiger partial charge in [0.15, 0.2) is 0 Å². The topological polar surface area (TPSA) is 49.4 Å². The van der Waals surface area contributed by atoms with Crippen LogP contribution in [0, 0.1) is 5.92 Å². The summed E-state index contributed by atoms with van der Waals surface area (Å²) in [5.41, 5.74) is 0.928. The molecule has 1 saturated heterocycles. The van der Waals surface area contributed by atoms with Crippen LogP contribution in [0.2, 0.25) is 0 Å². The molecule has 1 aromatic heterocycles. The van der Waals surface area contributed by atoms with Gasteiger partial charge in [0.2, 0.25) is 11.8 Å². The predicted octanol–water partition coefficient (Wildman–Crippen LogP) is 2.55. The van der Waals surface area contributed by atoms with Crippen LogP contribution in [0.1, 0.15) is 38.5 Å². The molecule has 2 amide bonds. The number of amides is 2. The van der Waals surface area contributed by atoms with Gasteiger partial charge in [-0.1, -0.05) is 19.3 Å². The van der Waals surface area contributed by atoms with Crippen molar-refractivity contribution in [2.45, 2.75) is 44.6 Å². The Hall–Kier alpha value is -1.36. The Kier molecular flexibility index (Phi) is 4.05. The second kappa shape index (κ2) is 5.95. The van der Waals surface area contributed by atoms with E-state index in [1.165, 1.54) is 19.3 Å². The van der Waals surface area contributed by atoms with E-state index in [1.54, 1.807) is 16.2 Å². The van der Waals surface area contributed by atoms with Gasteiger partial charge in [0, 0.05) is 18.3 Å². The average Bonchev–Trinajstić information content (AvgIpc) is 2.95. The molecule has 20 heavy (non-hydrogen) atoms. The van der Waals surface area contributed by atoms with Crippen LogP contribution in [0.4, 0.5) is 5.69 Å². The molecule has 0 spiro atoms. The van der Waals surface area contributed by atoms with Gasteiger partial charge in [-0.25, -0.2) is 0 Å². The van der Waals surface area contributed by atoms with Crippen molar-refractivity contribution in [3.05, 3.63) is 16.8 Å². The summed E-state index contributed by atoms with van der Waals surface area (Å²) in [5, 5.41) is 6.91. The summed E-state index contributed by atoms with van der Waals surface area (Å²) >= 11 is 1.58. The molecule has 1 aliphatic heterocycles. The van der Waals surface area contributed by atoms with Gasteiger partial charge in [-0.2, -0.15) is 11.3 Å². The third-order valence-electron chi connectivity index (χ3n) is 4.35. The zero-order valence-corrected chi connectivity index (χ0v) is 12.3. The van der Waals surface area contributed by atoms with Crippen molar-refractivity contribution in [1.82, 2.24) is 5.32 Å². The summed E-state index contributed by atoms with van der Waals surface area (Å²) in [5.74, 6) is 0.382. The number of anilines is 1. The fourth-order valence-corrected chi connectivity index (χ4v) is 3.89. The van der Waals surface area contributed by atoms with Gasteiger partial charge in [0.1, 0.15) is 6.04 Å². The van der Waals surface area contributed by atoms with E-state index in [9.17, 15) is 9.59 Å². The third-order valence-corrected chi connectivity index (χ3v) is 5.02. The monoisotopic (exact) mass is 292 g/mol. The number of rotatable bonds is 2. The highest BCUT2D eigenvalue weighted by Crippen LogP contribution is 2.30. The molecule has 0 aromatic carbocycles. The van der Waals surface area contributed by atoms with Gasteiger partial charge in [-0.3, -0.25) is 9.59 Å². The molecule has 1 saturated carbocycles. The van der Waals surface area contributed by atoms with Crippen molar-refractivity contribution in [2.75, 3.05) is 11.4 Å². The largest absolute Gasteiger partial charge is 0.344 e. The minimum absolute atomic E-state index is 0.00616. The van der Waals surface area contributed by atoms with Crippen LogP contribution in [0.25, 0.3) is 0 Å². The number of hydrogen-bond donors (Lipinski definition) is 1. The number of carbonyl (C=O) groups is 2. The highest BCUT2D eigenvalue weighted by molar-refractivity contribution is 7.08. The van der Waals surface area contributed by atoms with Crippen molar-refractivity contribution in [3.8, 4) is 0 Å². The molecule has 1 unspecified atom stereocenters. The lowest BCUT2D eigenvalue weighted by Crippen LogP contribution is -2.49. The Balaban J connectivity index is 1.83. The minimum atomic E-state index is -0.329. The fraction of sp³-hybridized carbons (Fsp3) is 0.600. The van der Waals surface area contributed by atoms with E-state index < -0.39 is 0 Å². The first kappa shape index (κ1) is 13.6. The number of thiophene rings is 1. The first-order valence-electron chi connectivity index (χ1n) is 7.38. The molecule has 1 aliphatic carbocycles. The maximum atomic E-state index is 12.8. The Labute approximate surface area is 123 Å². The summed E-state index contributed by atoms with van der Waals surface area (Å²) in [6.07, 6.45) is 6.08. The lowest BCUT2D eigenvalue weighted by molar-refractivity contribution is -0.127. The molecule has 108 valence electrons. The van der Waals surface area contributed by atoms with Crippen LogP contribution in [0.5, 0.6) is 0 Å². The second-order valence-electron chi connectivity index (χ2n) is 5.66. The van der Waals surface area contributed by atoms with Gasteiger partial charge >= 0.3 is 0 Å². The van der Waals surface area contributed by atoms with E-state index in [4.69, 9.17) is 0 Å². The molecule has 5 heteroatoms. The number of carbonyl (C=O) groups excluding carboxylic acids is 2. The average molecular weight is 292 g/mol. The van der Waals surface area contributed by atoms with Crippen LogP contribution in [0.15, 0.2) is 16.8 Å². The SMILES string of the molecule is O=C1CCN(c2ccsc2)C(=O)C(C2CCCCC2)N1. The van der Waals surface area contributed by atoms with E-state index >= 15 is 0 Å². The van der Waals surface area contributed by atoms with E-state index in [-0.39, 0.29) is 17.9 Å². The molecule has 2 fully saturated rings. The van der Waals surface area contributed by atoms with E-state index in [1.807, 2.05) is 16.8 Å². The van der Waals surface area contributed by atoms with Gasteiger partial charge in [0.25, 0.3) is 0 Å². The van der Waals surface area contributed by atoms with Crippen molar-refractivity contribution < 1.29 is 9.59 Å². The number of hydrogen-bond acceptors (Lipinski definition) is 3. The quantitative estimate of drug-likeness (QED) is 0.910. The van der Waals surface area contributed by atoms with Crippen LogP contribution < -0.4 is 10.2 Å². The van der Waals surface area contributed by atoms with Crippen LogP contribution in [0.3, 0.4) is 0 Å². The smallest absolute Gasteiger partial charge is 0.249 e. The summed E-state index contributed by atoms with van der Waals surface area (Å²) in [4.78, 5) is 26.5. The van der Waals surface area contributed by atoms with E-state index in [0.29, 0.717) is 18.9 Å². The van der Waals surface area contributed by atoms with Crippen molar-refractivity contribution in [1.29, 1.82) is 0 Å². The van der Waals surface area contributed by atoms with Gasteiger partial charge in [-0.05, 0) is 30.2 Å². The molecule has 1 aromatic rings. The van der Waals surface area contributed by atoms with Gasteiger partial charge < -0.3 is 10.2 Å². The summed E-state index contributed by atoms with van der Waals surface area (Å²) < 4.78 is 0. The molecular weight excluding hydrogens is 272 g/mol. The zero-order valence-electron chi connectivity index (χ0n) is 11.5. The molecule has 3 rings (SSSR count). The molecule has 2 heterocycles. The standard InChI is InChI=1S/C15H20N2O2S/c18-13-6-8-17(12-7-9-20-10-12)15(19)14(16-13)11-4-2-1-3-5-11/h7,9-11,14H,1-6,8H2,(H,16,18). The third kappa shape index (κ3) is 2.73. The normalized spacial score (nSPS) is 25.4. The summed E-state index contributed by atoms with van der Waals surface area (Å²) in [7, 11) is 0. The van der Waals surface area contributed by atoms with Crippen LogP contribution in [-0.4, -0.2) is 24.4 Å². The van der Waals surface area contributed by atoms with E-state index in [2.05, 4.69) is 5.32 Å². The Bertz CT molecular complexity index is 480. The maximum absolute atomic E-state index is 12.8. The minimum Gasteiger partial charge on any atom is -0.344 e. The lowest BCUT2D eigenvalue weighted by atomic mass is 9.83. The zero-order chi connectivity index (χ0) is 13.9. The highest BCUT2D eigenvalue weighted by atomic mass is 32.1. The maximum Gasteiger partial charge on any atom is 0.249 e. The molecule has 0 bridgehead atoms. The van der Waals surface area contributed by atoms with Crippen molar-refractivity contribution in [3.63, 3.8) is 0 Å². The highest BCUT2D eigenvalue weighted by Gasteiger charge is 2.36. The Morgan fingerprint density at radius 1 is 1.20 bits per heavy atom. The molecule has 2 aliphatic rings. The van der Waals surface area contributed by atoms with Gasteiger partial charge in [0.05, 0.1) is 5.69 Å². The Morgan fingerprint density at radius 3 is 2.70 bits per heavy atom. The van der Waals surface area contributed by atoms with E-state index in [0.717, 1.165) is 18.5 Å². The van der Waals surface area contributed by atoms with Crippen molar-refractivity contribution in [2.24, 2.45) is 5.92 Å². The number of nitrogens with one attached hydrogen (secondary N) is 1. The molecule has 0 radical (unpaired) electrons. The van der Waals surface area contributed by atoms with Gasteiger partial charge in [-0.15, -0.1) is 0 Å². The molecule has 1 N–H and O–H groups in total. The lowest BCUT2D eigenvalue weighted by Gasteiger charge is -2.31. The number of nitrogens with zero attached hydrogens (tertiary/aromatic N) is 1. The molecular formula is C15H20N2O2S. The predicted molar refractivity (Wildman–Crippen MR) is 79.8 cm³/mol. The van der Waals surface area contributed by atoms with Crippen LogP contribution in [-0.2, 0) is 9.59 Å². The summed E-state index contributed by atoms with van der Waals surface area (Å²) in [6.45, 7) is 0.491. The van der Waals surface area contributed by atoms with Crippen LogP contribution >= 0.6 is 11.3 Å². The Morgan fingerprint density at radius 2 is 2.00 bits per heavy atom. The molecule has 4 nitrogen and oxygen atoms in total. The molecule has 1 atom stereocenters. The second-order valence-corrected chi connectivity index (χ2v) is 6.44. The first-order chi connectivity index (χ1) is 9.75. The first-order valence-corrected chi connectivity index (χ1v) is 8.33. The van der Waals surface area contributed by atoms with Crippen molar-refractivity contribution >= 4 is 28.8 Å².